The Morgan fingerprint density at radius 1 is 1.15 bits per heavy atom. The number of rotatable bonds is 5. The number of carbonyl (C=O) groups is 2. The maximum Gasteiger partial charge on any atom is 0.256 e. The normalized spacial score (nSPS) is 19.6. The lowest BCUT2D eigenvalue weighted by molar-refractivity contribution is -0.113. The van der Waals surface area contributed by atoms with Crippen LogP contribution in [0.15, 0.2) is 67.0 Å². The van der Waals surface area contributed by atoms with Crippen LogP contribution >= 0.6 is 11.6 Å². The monoisotopic (exact) mass is 477 g/mol. The van der Waals surface area contributed by atoms with Crippen molar-refractivity contribution in [2.75, 3.05) is 20.1 Å². The highest BCUT2D eigenvalue weighted by molar-refractivity contribution is 6.30. The third-order valence-electron chi connectivity index (χ3n) is 6.38. The Hall–Kier alpha value is -3.22. The molecule has 7 heteroatoms. The number of hydrogen-bond acceptors (Lipinski definition) is 5. The van der Waals surface area contributed by atoms with Crippen LogP contribution in [0.25, 0.3) is 0 Å². The molecule has 2 unspecified atom stereocenters. The van der Waals surface area contributed by atoms with Gasteiger partial charge in [-0.05, 0) is 55.8 Å². The van der Waals surface area contributed by atoms with Crippen molar-refractivity contribution in [2.45, 2.75) is 32.0 Å². The Labute approximate surface area is 205 Å². The first-order chi connectivity index (χ1) is 16.4. The van der Waals surface area contributed by atoms with Crippen molar-refractivity contribution in [1.29, 1.82) is 0 Å². The van der Waals surface area contributed by atoms with Crippen molar-refractivity contribution in [2.24, 2.45) is 0 Å². The number of amides is 1. The van der Waals surface area contributed by atoms with Gasteiger partial charge in [0.25, 0.3) is 5.91 Å². The lowest BCUT2D eigenvalue weighted by Gasteiger charge is -2.38. The van der Waals surface area contributed by atoms with E-state index in [2.05, 4.69) is 16.8 Å². The quantitative estimate of drug-likeness (QED) is 0.504. The van der Waals surface area contributed by atoms with Gasteiger partial charge in [0.05, 0.1) is 0 Å². The molecule has 2 aliphatic heterocycles. The number of aryl methyl sites for hydroxylation is 1. The molecule has 3 aromatic rings. The van der Waals surface area contributed by atoms with E-state index >= 15 is 0 Å². The van der Waals surface area contributed by atoms with Crippen LogP contribution in [0.4, 0.5) is 0 Å². The third-order valence-corrected chi connectivity index (χ3v) is 6.63. The number of ether oxygens (including phenoxy) is 1. The largest absolute Gasteiger partial charge is 0.483 e. The number of carbonyl (C=O) groups excluding carboxylic acids is 2. The zero-order valence-corrected chi connectivity index (χ0v) is 20.3. The topological polar surface area (TPSA) is 62.7 Å². The molecule has 2 aromatic carbocycles. The Morgan fingerprint density at radius 2 is 1.88 bits per heavy atom. The number of aromatic nitrogens is 1. The minimum Gasteiger partial charge on any atom is -0.483 e. The lowest BCUT2D eigenvalue weighted by Crippen LogP contribution is -2.47. The molecular formula is C27H28ClN3O3. The average Bonchev–Trinajstić information content (AvgIpc) is 3.34. The second-order valence-electron chi connectivity index (χ2n) is 8.40. The standard InChI is InChI=1S/C16H14ClN3O.C11H14O2/c1-19-8-9-20-15(21)13-6-7-18-10-14(13)16(19,20)11-2-4-12(17)5-3-11;1-3-10-6-4-5-7-11(10)13-9(2)8-12/h2-7,10H,8-9H2,1H3;4-9H,3H2,1-2H3. The molecule has 1 fully saturated rings. The molecular weight excluding hydrogens is 450 g/mol. The first kappa shape index (κ1) is 23.9. The van der Waals surface area contributed by atoms with Crippen LogP contribution in [0.2, 0.25) is 5.02 Å². The zero-order valence-electron chi connectivity index (χ0n) is 19.6. The molecule has 1 saturated heterocycles. The van der Waals surface area contributed by atoms with Gasteiger partial charge in [-0.1, -0.05) is 48.9 Å². The van der Waals surface area contributed by atoms with Gasteiger partial charge in [0.2, 0.25) is 0 Å². The van der Waals surface area contributed by atoms with Crippen molar-refractivity contribution >= 4 is 23.8 Å². The molecule has 6 nitrogen and oxygen atoms in total. The summed E-state index contributed by atoms with van der Waals surface area (Å²) in [6.45, 7) is 5.35. The fraction of sp³-hybridized carbons (Fsp3) is 0.296. The summed E-state index contributed by atoms with van der Waals surface area (Å²) in [4.78, 5) is 31.5. The number of aldehydes is 1. The summed E-state index contributed by atoms with van der Waals surface area (Å²) in [6, 6.07) is 17.3. The van der Waals surface area contributed by atoms with E-state index in [1.165, 1.54) is 0 Å². The fourth-order valence-electron chi connectivity index (χ4n) is 4.74. The Kier molecular flexibility index (Phi) is 7.00. The van der Waals surface area contributed by atoms with Crippen LogP contribution in [0.5, 0.6) is 5.75 Å². The van der Waals surface area contributed by atoms with Gasteiger partial charge >= 0.3 is 0 Å². The Bertz CT molecular complexity index is 1180. The predicted octanol–water partition coefficient (Wildman–Crippen LogP) is 4.55. The molecule has 176 valence electrons. The smallest absolute Gasteiger partial charge is 0.256 e. The van der Waals surface area contributed by atoms with Gasteiger partial charge in [0.1, 0.15) is 5.75 Å². The Morgan fingerprint density at radius 3 is 2.59 bits per heavy atom. The molecule has 1 aromatic heterocycles. The van der Waals surface area contributed by atoms with E-state index in [0.29, 0.717) is 11.6 Å². The summed E-state index contributed by atoms with van der Waals surface area (Å²) in [5, 5.41) is 0.693. The van der Waals surface area contributed by atoms with E-state index in [1.807, 2.05) is 72.7 Å². The summed E-state index contributed by atoms with van der Waals surface area (Å²) in [5.74, 6) is 0.885. The maximum absolute atomic E-state index is 12.7. The van der Waals surface area contributed by atoms with Crippen molar-refractivity contribution in [3.63, 3.8) is 0 Å². The van der Waals surface area contributed by atoms with Gasteiger partial charge in [-0.15, -0.1) is 0 Å². The number of para-hydroxylation sites is 1. The van der Waals surface area contributed by atoms with E-state index in [0.717, 1.165) is 47.3 Å². The number of halogens is 1. The molecule has 0 aliphatic carbocycles. The van der Waals surface area contributed by atoms with Crippen molar-refractivity contribution in [3.05, 3.63) is 94.3 Å². The van der Waals surface area contributed by atoms with E-state index in [9.17, 15) is 9.59 Å². The predicted molar refractivity (Wildman–Crippen MR) is 132 cm³/mol. The van der Waals surface area contributed by atoms with Gasteiger partial charge < -0.3 is 9.64 Å². The molecule has 0 bridgehead atoms. The molecule has 0 saturated carbocycles. The Balaban J connectivity index is 0.000000182. The maximum atomic E-state index is 12.7. The SMILES string of the molecule is CCc1ccccc1OC(C)C=O.CN1CCN2C(=O)c3ccncc3C12c1ccc(Cl)cc1. The number of pyridine rings is 1. The zero-order chi connectivity index (χ0) is 24.3. The third kappa shape index (κ3) is 4.08. The first-order valence-corrected chi connectivity index (χ1v) is 11.7. The summed E-state index contributed by atoms with van der Waals surface area (Å²) >= 11 is 6.02. The molecule has 34 heavy (non-hydrogen) atoms. The minimum atomic E-state index is -0.550. The van der Waals surface area contributed by atoms with Crippen LogP contribution in [-0.2, 0) is 16.9 Å². The highest BCUT2D eigenvalue weighted by Gasteiger charge is 2.56. The van der Waals surface area contributed by atoms with Crippen LogP contribution < -0.4 is 4.74 Å². The summed E-state index contributed by atoms with van der Waals surface area (Å²) in [5.41, 5.74) is 3.33. The van der Waals surface area contributed by atoms with Gasteiger partial charge in [-0.25, -0.2) is 0 Å². The summed E-state index contributed by atoms with van der Waals surface area (Å²) in [6.07, 6.45) is 4.83. The van der Waals surface area contributed by atoms with E-state index in [1.54, 1.807) is 13.1 Å². The highest BCUT2D eigenvalue weighted by atomic mass is 35.5. The second-order valence-corrected chi connectivity index (χ2v) is 8.84. The van der Waals surface area contributed by atoms with Gasteiger partial charge in [-0.2, -0.15) is 0 Å². The van der Waals surface area contributed by atoms with Gasteiger partial charge in [0, 0.05) is 41.6 Å². The van der Waals surface area contributed by atoms with Crippen molar-refractivity contribution in [3.8, 4) is 5.75 Å². The molecule has 2 atom stereocenters. The summed E-state index contributed by atoms with van der Waals surface area (Å²) in [7, 11) is 2.05. The van der Waals surface area contributed by atoms with Crippen LogP contribution in [0.1, 0.15) is 40.9 Å². The fourth-order valence-corrected chi connectivity index (χ4v) is 4.86. The lowest BCUT2D eigenvalue weighted by atomic mass is 9.91. The molecule has 0 spiro atoms. The van der Waals surface area contributed by atoms with Crippen LogP contribution in [-0.4, -0.2) is 53.2 Å². The van der Waals surface area contributed by atoms with Crippen molar-refractivity contribution in [1.82, 2.24) is 14.8 Å². The molecule has 0 radical (unpaired) electrons. The number of benzene rings is 2. The molecule has 1 amide bonds. The van der Waals surface area contributed by atoms with Gasteiger partial charge in [0.15, 0.2) is 18.1 Å². The number of nitrogens with zero attached hydrogens (tertiary/aromatic N) is 3. The second kappa shape index (κ2) is 9.95. The molecule has 0 N–H and O–H groups in total. The minimum absolute atomic E-state index is 0.0756. The number of hydrogen-bond donors (Lipinski definition) is 0. The van der Waals surface area contributed by atoms with Crippen molar-refractivity contribution < 1.29 is 14.3 Å². The number of fused-ring (bicyclic) bond motifs is 3. The van der Waals surface area contributed by atoms with E-state index in [-0.39, 0.29) is 12.0 Å². The molecule has 3 heterocycles. The average molecular weight is 478 g/mol. The molecule has 2 aliphatic rings. The van der Waals surface area contributed by atoms with Crippen LogP contribution in [0.3, 0.4) is 0 Å². The van der Waals surface area contributed by atoms with Gasteiger partial charge in [-0.3, -0.25) is 19.5 Å². The first-order valence-electron chi connectivity index (χ1n) is 11.4. The number of likely N-dealkylation sites (N-methyl/N-ethyl adjacent to an activating group) is 1. The molecule has 5 rings (SSSR count). The highest BCUT2D eigenvalue weighted by Crippen LogP contribution is 2.48. The van der Waals surface area contributed by atoms with Crippen LogP contribution in [0, 0.1) is 0 Å². The summed E-state index contributed by atoms with van der Waals surface area (Å²) < 4.78 is 5.42. The van der Waals surface area contributed by atoms with E-state index < -0.39 is 5.66 Å². The van der Waals surface area contributed by atoms with E-state index in [4.69, 9.17) is 16.3 Å².